The van der Waals surface area contributed by atoms with Crippen molar-refractivity contribution >= 4 is 0 Å². The van der Waals surface area contributed by atoms with Crippen LogP contribution in [0.4, 0.5) is 0 Å². The SMILES string of the molecule is CCCNC(CCC)CC1(OC)CCC1. The zero-order valence-electron chi connectivity index (χ0n) is 10.6. The highest BCUT2D eigenvalue weighted by Crippen LogP contribution is 2.39. The van der Waals surface area contributed by atoms with Gasteiger partial charge < -0.3 is 10.1 Å². The van der Waals surface area contributed by atoms with Crippen molar-refractivity contribution in [2.45, 2.75) is 70.4 Å². The smallest absolute Gasteiger partial charge is 0.0693 e. The molecule has 1 aliphatic carbocycles. The quantitative estimate of drug-likeness (QED) is 0.669. The first kappa shape index (κ1) is 13.0. The van der Waals surface area contributed by atoms with E-state index in [0.717, 1.165) is 6.54 Å². The van der Waals surface area contributed by atoms with Crippen molar-refractivity contribution in [3.05, 3.63) is 0 Å². The van der Waals surface area contributed by atoms with E-state index in [2.05, 4.69) is 19.2 Å². The maximum Gasteiger partial charge on any atom is 0.0693 e. The zero-order valence-corrected chi connectivity index (χ0v) is 10.6. The summed E-state index contributed by atoms with van der Waals surface area (Å²) >= 11 is 0. The molecule has 0 aromatic rings. The molecular weight excluding hydrogens is 186 g/mol. The Bertz CT molecular complexity index is 160. The van der Waals surface area contributed by atoms with Gasteiger partial charge in [0.15, 0.2) is 0 Å². The summed E-state index contributed by atoms with van der Waals surface area (Å²) in [7, 11) is 1.88. The van der Waals surface area contributed by atoms with E-state index >= 15 is 0 Å². The molecule has 0 radical (unpaired) electrons. The van der Waals surface area contributed by atoms with Crippen molar-refractivity contribution in [1.29, 1.82) is 0 Å². The minimum atomic E-state index is 0.223. The van der Waals surface area contributed by atoms with Gasteiger partial charge >= 0.3 is 0 Å². The molecule has 2 nitrogen and oxygen atoms in total. The second-order valence-corrected chi connectivity index (χ2v) is 4.88. The topological polar surface area (TPSA) is 21.3 Å². The first-order chi connectivity index (χ1) is 7.26. The van der Waals surface area contributed by atoms with E-state index in [4.69, 9.17) is 4.74 Å². The van der Waals surface area contributed by atoms with Gasteiger partial charge in [-0.2, -0.15) is 0 Å². The van der Waals surface area contributed by atoms with Crippen LogP contribution in [0.15, 0.2) is 0 Å². The second-order valence-electron chi connectivity index (χ2n) is 4.88. The Morgan fingerprint density at radius 1 is 1.27 bits per heavy atom. The van der Waals surface area contributed by atoms with Crippen LogP contribution >= 0.6 is 0 Å². The molecule has 1 rings (SSSR count). The highest BCUT2D eigenvalue weighted by Gasteiger charge is 2.38. The van der Waals surface area contributed by atoms with E-state index in [9.17, 15) is 0 Å². The molecule has 1 saturated carbocycles. The lowest BCUT2D eigenvalue weighted by Gasteiger charge is -2.43. The van der Waals surface area contributed by atoms with Gasteiger partial charge in [0.2, 0.25) is 0 Å². The van der Waals surface area contributed by atoms with Crippen molar-refractivity contribution in [1.82, 2.24) is 5.32 Å². The third-order valence-electron chi connectivity index (χ3n) is 3.64. The predicted octanol–water partition coefficient (Wildman–Crippen LogP) is 3.11. The summed E-state index contributed by atoms with van der Waals surface area (Å²) in [4.78, 5) is 0. The van der Waals surface area contributed by atoms with Gasteiger partial charge in [-0.1, -0.05) is 20.3 Å². The molecule has 2 heteroatoms. The van der Waals surface area contributed by atoms with Gasteiger partial charge in [0.1, 0.15) is 0 Å². The summed E-state index contributed by atoms with van der Waals surface area (Å²) in [5, 5.41) is 3.65. The third kappa shape index (κ3) is 3.76. The first-order valence-electron chi connectivity index (χ1n) is 6.55. The number of ether oxygens (including phenoxy) is 1. The van der Waals surface area contributed by atoms with Crippen molar-refractivity contribution in [3.8, 4) is 0 Å². The molecule has 1 fully saturated rings. The molecule has 0 amide bonds. The van der Waals surface area contributed by atoms with E-state index in [1.54, 1.807) is 0 Å². The van der Waals surface area contributed by atoms with Crippen LogP contribution in [0.1, 0.15) is 58.8 Å². The molecule has 0 bridgehead atoms. The van der Waals surface area contributed by atoms with Crippen LogP contribution in [-0.4, -0.2) is 25.3 Å². The molecule has 90 valence electrons. The summed E-state index contributed by atoms with van der Waals surface area (Å²) in [6.45, 7) is 5.64. The summed E-state index contributed by atoms with van der Waals surface area (Å²) in [5.41, 5.74) is 0.223. The normalized spacial score (nSPS) is 21.0. The largest absolute Gasteiger partial charge is 0.378 e. The van der Waals surface area contributed by atoms with Crippen LogP contribution in [-0.2, 0) is 4.74 Å². The van der Waals surface area contributed by atoms with Crippen molar-refractivity contribution < 1.29 is 4.74 Å². The summed E-state index contributed by atoms with van der Waals surface area (Å²) in [6, 6.07) is 0.662. The van der Waals surface area contributed by atoms with Gasteiger partial charge in [-0.25, -0.2) is 0 Å². The van der Waals surface area contributed by atoms with Crippen molar-refractivity contribution in [2.24, 2.45) is 0 Å². The highest BCUT2D eigenvalue weighted by molar-refractivity contribution is 4.92. The molecule has 1 atom stereocenters. The van der Waals surface area contributed by atoms with E-state index in [-0.39, 0.29) is 5.60 Å². The second kappa shape index (κ2) is 6.49. The molecule has 1 aliphatic rings. The molecule has 0 heterocycles. The maximum atomic E-state index is 5.69. The standard InChI is InChI=1S/C13H27NO/c1-4-7-12(14-10-5-2)11-13(15-3)8-6-9-13/h12,14H,4-11H2,1-3H3. The number of methoxy groups -OCH3 is 1. The van der Waals surface area contributed by atoms with Crippen LogP contribution in [0, 0.1) is 0 Å². The van der Waals surface area contributed by atoms with E-state index in [1.807, 2.05) is 7.11 Å². The van der Waals surface area contributed by atoms with Crippen LogP contribution in [0.2, 0.25) is 0 Å². The Morgan fingerprint density at radius 3 is 2.40 bits per heavy atom. The Labute approximate surface area is 94.8 Å². The Balaban J connectivity index is 2.34. The van der Waals surface area contributed by atoms with Crippen molar-refractivity contribution in [3.63, 3.8) is 0 Å². The fraction of sp³-hybridized carbons (Fsp3) is 1.00. The predicted molar refractivity (Wildman–Crippen MR) is 65.2 cm³/mol. The molecule has 0 aromatic carbocycles. The highest BCUT2D eigenvalue weighted by atomic mass is 16.5. The monoisotopic (exact) mass is 213 g/mol. The molecule has 15 heavy (non-hydrogen) atoms. The fourth-order valence-corrected chi connectivity index (χ4v) is 2.48. The van der Waals surface area contributed by atoms with Crippen LogP contribution in [0.5, 0.6) is 0 Å². The minimum Gasteiger partial charge on any atom is -0.378 e. The van der Waals surface area contributed by atoms with Gasteiger partial charge in [-0.3, -0.25) is 0 Å². The lowest BCUT2D eigenvalue weighted by Crippen LogP contribution is -2.46. The number of hydrogen-bond acceptors (Lipinski definition) is 2. The Kier molecular flexibility index (Phi) is 5.62. The van der Waals surface area contributed by atoms with Gasteiger partial charge in [0.25, 0.3) is 0 Å². The third-order valence-corrected chi connectivity index (χ3v) is 3.64. The minimum absolute atomic E-state index is 0.223. The number of hydrogen-bond donors (Lipinski definition) is 1. The van der Waals surface area contributed by atoms with Crippen LogP contribution in [0.3, 0.4) is 0 Å². The Hall–Kier alpha value is -0.0800. The molecule has 0 aliphatic heterocycles. The molecule has 1 unspecified atom stereocenters. The molecule has 0 aromatic heterocycles. The molecule has 0 spiro atoms. The zero-order chi connectivity index (χ0) is 11.1. The average Bonchev–Trinajstić information content (AvgIpc) is 2.20. The van der Waals surface area contributed by atoms with Crippen LogP contribution in [0.25, 0.3) is 0 Å². The number of nitrogens with one attached hydrogen (secondary N) is 1. The molecule has 1 N–H and O–H groups in total. The van der Waals surface area contributed by atoms with Gasteiger partial charge in [-0.15, -0.1) is 0 Å². The van der Waals surface area contributed by atoms with Gasteiger partial charge in [0, 0.05) is 13.2 Å². The lowest BCUT2D eigenvalue weighted by molar-refractivity contribution is -0.0838. The number of rotatable bonds is 8. The maximum absolute atomic E-state index is 5.69. The lowest BCUT2D eigenvalue weighted by atomic mass is 9.75. The summed E-state index contributed by atoms with van der Waals surface area (Å²) < 4.78 is 5.69. The van der Waals surface area contributed by atoms with E-state index in [1.165, 1.54) is 44.9 Å². The van der Waals surface area contributed by atoms with Crippen molar-refractivity contribution in [2.75, 3.05) is 13.7 Å². The average molecular weight is 213 g/mol. The van der Waals surface area contributed by atoms with Gasteiger partial charge in [0.05, 0.1) is 5.60 Å². The summed E-state index contributed by atoms with van der Waals surface area (Å²) in [6.07, 6.45) is 8.85. The first-order valence-corrected chi connectivity index (χ1v) is 6.55. The fourth-order valence-electron chi connectivity index (χ4n) is 2.48. The molecular formula is C13H27NO. The van der Waals surface area contributed by atoms with Gasteiger partial charge in [-0.05, 0) is 45.1 Å². The Morgan fingerprint density at radius 2 is 2.00 bits per heavy atom. The molecule has 0 saturated heterocycles. The van der Waals surface area contributed by atoms with Crippen LogP contribution < -0.4 is 5.32 Å². The summed E-state index contributed by atoms with van der Waals surface area (Å²) in [5.74, 6) is 0. The van der Waals surface area contributed by atoms with E-state index in [0.29, 0.717) is 6.04 Å². The van der Waals surface area contributed by atoms with E-state index < -0.39 is 0 Å².